The number of likely N-dealkylation sites (tertiary alicyclic amines) is 1. The van der Waals surface area contributed by atoms with Gasteiger partial charge in [0.25, 0.3) is 0 Å². The van der Waals surface area contributed by atoms with Crippen LogP contribution >= 0.6 is 11.3 Å². The molecule has 0 spiro atoms. The minimum absolute atomic E-state index is 0.221. The van der Waals surface area contributed by atoms with Crippen molar-refractivity contribution < 1.29 is 0 Å². The molecule has 8 heteroatoms. The molecule has 2 aliphatic rings. The van der Waals surface area contributed by atoms with Gasteiger partial charge >= 0.3 is 0 Å². The maximum absolute atomic E-state index is 5.19. The van der Waals surface area contributed by atoms with Crippen molar-refractivity contribution in [3.63, 3.8) is 0 Å². The van der Waals surface area contributed by atoms with Gasteiger partial charge in [0.1, 0.15) is 22.8 Å². The molecule has 0 aromatic carbocycles. The van der Waals surface area contributed by atoms with Gasteiger partial charge in [0.05, 0.1) is 18.0 Å². The highest BCUT2D eigenvalue weighted by Gasteiger charge is 2.33. The van der Waals surface area contributed by atoms with Crippen molar-refractivity contribution in [2.75, 3.05) is 24.5 Å². The van der Waals surface area contributed by atoms with Crippen molar-refractivity contribution in [2.24, 2.45) is 5.92 Å². The van der Waals surface area contributed by atoms with Crippen LogP contribution in [-0.2, 0) is 13.1 Å². The topological polar surface area (TPSA) is 63.0 Å². The first kappa shape index (κ1) is 20.8. The Hall–Kier alpha value is -2.06. The van der Waals surface area contributed by atoms with E-state index in [9.17, 15) is 0 Å². The Bertz CT molecular complexity index is 1060. The van der Waals surface area contributed by atoms with Gasteiger partial charge in [-0.2, -0.15) is 0 Å². The zero-order valence-corrected chi connectivity index (χ0v) is 20.0. The standard InChI is InChI=1S/C23H33N7S/c1-15(2)12-29-14-24-27-21(29)18-8-7-11-30(18)22-20-16(3)17(4)31-23(20)26-19(25-22)13-28-9-5-6-10-28/h14-15,18H,5-13H2,1-4H3. The molecule has 5 heterocycles. The second-order valence-corrected chi connectivity index (χ2v) is 10.7. The minimum Gasteiger partial charge on any atom is -0.346 e. The second-order valence-electron chi connectivity index (χ2n) is 9.50. The summed E-state index contributed by atoms with van der Waals surface area (Å²) in [6.07, 6.45) is 6.69. The summed E-state index contributed by atoms with van der Waals surface area (Å²) in [5.41, 5.74) is 1.32. The fraction of sp³-hybridized carbons (Fsp3) is 0.652. The Morgan fingerprint density at radius 1 is 1.10 bits per heavy atom. The fourth-order valence-corrected chi connectivity index (χ4v) is 6.08. The van der Waals surface area contributed by atoms with Gasteiger partial charge < -0.3 is 9.47 Å². The summed E-state index contributed by atoms with van der Waals surface area (Å²) in [5, 5.41) is 10.1. The van der Waals surface area contributed by atoms with Crippen LogP contribution in [0.1, 0.15) is 67.7 Å². The number of anilines is 1. The van der Waals surface area contributed by atoms with E-state index in [4.69, 9.17) is 9.97 Å². The van der Waals surface area contributed by atoms with E-state index < -0.39 is 0 Å². The molecule has 3 aromatic heterocycles. The lowest BCUT2D eigenvalue weighted by atomic mass is 10.1. The molecule has 2 saturated heterocycles. The van der Waals surface area contributed by atoms with E-state index in [-0.39, 0.29) is 6.04 Å². The van der Waals surface area contributed by atoms with Crippen molar-refractivity contribution in [1.82, 2.24) is 29.6 Å². The maximum Gasteiger partial charge on any atom is 0.155 e. The predicted octanol–water partition coefficient (Wildman–Crippen LogP) is 4.49. The molecule has 2 aliphatic heterocycles. The minimum atomic E-state index is 0.221. The van der Waals surface area contributed by atoms with Gasteiger partial charge in [0, 0.05) is 18.0 Å². The van der Waals surface area contributed by atoms with E-state index in [2.05, 4.69) is 52.3 Å². The average molecular weight is 440 g/mol. The highest BCUT2D eigenvalue weighted by atomic mass is 32.1. The van der Waals surface area contributed by atoms with Gasteiger partial charge in [-0.25, -0.2) is 9.97 Å². The Morgan fingerprint density at radius 2 is 1.90 bits per heavy atom. The van der Waals surface area contributed by atoms with E-state index in [1.54, 1.807) is 11.3 Å². The number of aromatic nitrogens is 5. The van der Waals surface area contributed by atoms with E-state index >= 15 is 0 Å². The van der Waals surface area contributed by atoms with Gasteiger partial charge in [-0.1, -0.05) is 13.8 Å². The van der Waals surface area contributed by atoms with Gasteiger partial charge in [-0.15, -0.1) is 21.5 Å². The van der Waals surface area contributed by atoms with Crippen molar-refractivity contribution in [1.29, 1.82) is 0 Å². The summed E-state index contributed by atoms with van der Waals surface area (Å²) in [4.78, 5) is 17.6. The summed E-state index contributed by atoms with van der Waals surface area (Å²) in [6.45, 7) is 14.0. The van der Waals surface area contributed by atoms with Crippen molar-refractivity contribution in [3.05, 3.63) is 28.4 Å². The molecule has 0 saturated carbocycles. The molecule has 7 nitrogen and oxygen atoms in total. The van der Waals surface area contributed by atoms with E-state index in [0.717, 1.165) is 67.9 Å². The Kier molecular flexibility index (Phi) is 5.69. The third-order valence-corrected chi connectivity index (χ3v) is 7.75. The SMILES string of the molecule is Cc1sc2nc(CN3CCCC3)nc(N3CCCC3c3nncn3CC(C)C)c2c1C. The average Bonchev–Trinajstić information content (AvgIpc) is 3.50. The molecule has 0 N–H and O–H groups in total. The van der Waals surface area contributed by atoms with Crippen molar-refractivity contribution >= 4 is 27.4 Å². The van der Waals surface area contributed by atoms with Crippen LogP contribution < -0.4 is 4.90 Å². The number of nitrogens with zero attached hydrogens (tertiary/aromatic N) is 7. The zero-order chi connectivity index (χ0) is 21.5. The largest absolute Gasteiger partial charge is 0.346 e. The van der Waals surface area contributed by atoms with E-state index in [1.165, 1.54) is 28.7 Å². The van der Waals surface area contributed by atoms with Crippen molar-refractivity contribution in [2.45, 2.75) is 72.5 Å². The summed E-state index contributed by atoms with van der Waals surface area (Å²) in [5.74, 6) is 3.69. The first-order valence-electron chi connectivity index (χ1n) is 11.6. The van der Waals surface area contributed by atoms with Crippen molar-refractivity contribution in [3.8, 4) is 0 Å². The van der Waals surface area contributed by atoms with Gasteiger partial charge in [-0.05, 0) is 64.1 Å². The molecular formula is C23H33N7S. The Labute approximate surface area is 188 Å². The number of hydrogen-bond acceptors (Lipinski definition) is 7. The molecule has 5 rings (SSSR count). The predicted molar refractivity (Wildman–Crippen MR) is 126 cm³/mol. The van der Waals surface area contributed by atoms with Gasteiger partial charge in [0.15, 0.2) is 5.82 Å². The van der Waals surface area contributed by atoms with Crippen LogP contribution in [-0.4, -0.2) is 49.3 Å². The molecule has 0 radical (unpaired) electrons. The monoisotopic (exact) mass is 439 g/mol. The van der Waals surface area contributed by atoms with Crippen LogP contribution in [0, 0.1) is 19.8 Å². The molecule has 0 amide bonds. The number of hydrogen-bond donors (Lipinski definition) is 0. The molecule has 2 fully saturated rings. The molecule has 1 atom stereocenters. The first-order chi connectivity index (χ1) is 15.0. The number of rotatable bonds is 6. The van der Waals surface area contributed by atoms with E-state index in [0.29, 0.717) is 5.92 Å². The van der Waals surface area contributed by atoms with Gasteiger partial charge in [-0.3, -0.25) is 4.90 Å². The number of fused-ring (bicyclic) bond motifs is 1. The molecule has 166 valence electrons. The third-order valence-electron chi connectivity index (χ3n) is 6.65. The smallest absolute Gasteiger partial charge is 0.155 e. The fourth-order valence-electron chi connectivity index (χ4n) is 5.04. The van der Waals surface area contributed by atoms with Crippen LogP contribution in [0.3, 0.4) is 0 Å². The molecule has 1 unspecified atom stereocenters. The summed E-state index contributed by atoms with van der Waals surface area (Å²) < 4.78 is 2.24. The van der Waals surface area contributed by atoms with Crippen LogP contribution in [0.5, 0.6) is 0 Å². The third kappa shape index (κ3) is 3.96. The molecule has 31 heavy (non-hydrogen) atoms. The lowest BCUT2D eigenvalue weighted by Gasteiger charge is -2.27. The normalized spacial score (nSPS) is 20.0. The quantitative estimate of drug-likeness (QED) is 0.564. The zero-order valence-electron chi connectivity index (χ0n) is 19.1. The first-order valence-corrected chi connectivity index (χ1v) is 12.5. The summed E-state index contributed by atoms with van der Waals surface area (Å²) in [6, 6.07) is 0.221. The maximum atomic E-state index is 5.19. The Morgan fingerprint density at radius 3 is 2.68 bits per heavy atom. The lowest BCUT2D eigenvalue weighted by molar-refractivity contribution is 0.323. The lowest BCUT2D eigenvalue weighted by Crippen LogP contribution is -2.28. The second kappa shape index (κ2) is 8.47. The van der Waals surface area contributed by atoms with Crippen LogP contribution in [0.2, 0.25) is 0 Å². The van der Waals surface area contributed by atoms with E-state index in [1.807, 2.05) is 6.33 Å². The summed E-state index contributed by atoms with van der Waals surface area (Å²) in [7, 11) is 0. The molecule has 3 aromatic rings. The van der Waals surface area contributed by atoms with Crippen LogP contribution in [0.25, 0.3) is 10.2 Å². The summed E-state index contributed by atoms with van der Waals surface area (Å²) >= 11 is 1.80. The highest BCUT2D eigenvalue weighted by Crippen LogP contribution is 2.41. The van der Waals surface area contributed by atoms with Crippen LogP contribution in [0.15, 0.2) is 6.33 Å². The van der Waals surface area contributed by atoms with Gasteiger partial charge in [0.2, 0.25) is 0 Å². The highest BCUT2D eigenvalue weighted by molar-refractivity contribution is 7.18. The molecular weight excluding hydrogens is 406 g/mol. The molecule has 0 aliphatic carbocycles. The molecule has 0 bridgehead atoms. The van der Waals surface area contributed by atoms with Crippen LogP contribution in [0.4, 0.5) is 5.82 Å². The Balaban J connectivity index is 1.56. The number of thiophene rings is 1. The number of aryl methyl sites for hydroxylation is 2.